The standard InChI is InChI=1S/C14H14F4N2S/c1-7-13(21-9(3)19-7)8(2)20-10-4-5-12(15)11(6-10)14(16,17)18/h4-6,8,20H,1-3H3. The highest BCUT2D eigenvalue weighted by molar-refractivity contribution is 7.11. The van der Waals surface area contributed by atoms with Gasteiger partial charge in [0.1, 0.15) is 5.82 Å². The normalized spacial score (nSPS) is 13.3. The number of nitrogens with one attached hydrogen (secondary N) is 1. The lowest BCUT2D eigenvalue weighted by atomic mass is 10.1. The van der Waals surface area contributed by atoms with Gasteiger partial charge in [-0.15, -0.1) is 11.3 Å². The summed E-state index contributed by atoms with van der Waals surface area (Å²) < 4.78 is 51.3. The zero-order chi connectivity index (χ0) is 15.8. The van der Waals surface area contributed by atoms with Gasteiger partial charge in [0.25, 0.3) is 0 Å². The maximum Gasteiger partial charge on any atom is 0.419 e. The molecule has 114 valence electrons. The molecular weight excluding hydrogens is 304 g/mol. The number of alkyl halides is 3. The van der Waals surface area contributed by atoms with Crippen molar-refractivity contribution in [2.75, 3.05) is 5.32 Å². The van der Waals surface area contributed by atoms with E-state index in [0.29, 0.717) is 0 Å². The summed E-state index contributed by atoms with van der Waals surface area (Å²) in [6.07, 6.45) is -4.71. The third-order valence-electron chi connectivity index (χ3n) is 2.99. The van der Waals surface area contributed by atoms with E-state index in [1.807, 2.05) is 20.8 Å². The topological polar surface area (TPSA) is 24.9 Å². The molecule has 0 aliphatic carbocycles. The van der Waals surface area contributed by atoms with Crippen molar-refractivity contribution in [2.45, 2.75) is 33.0 Å². The quantitative estimate of drug-likeness (QED) is 0.797. The first kappa shape index (κ1) is 15.8. The molecule has 1 aromatic heterocycles. The molecule has 0 fully saturated rings. The van der Waals surface area contributed by atoms with Crippen LogP contribution in [0.4, 0.5) is 23.2 Å². The Balaban J connectivity index is 2.26. The van der Waals surface area contributed by atoms with E-state index in [9.17, 15) is 17.6 Å². The third-order valence-corrected chi connectivity index (χ3v) is 4.24. The van der Waals surface area contributed by atoms with Gasteiger partial charge < -0.3 is 5.32 Å². The van der Waals surface area contributed by atoms with Crippen LogP contribution >= 0.6 is 11.3 Å². The minimum Gasteiger partial charge on any atom is -0.378 e. The molecule has 1 aromatic carbocycles. The van der Waals surface area contributed by atoms with Gasteiger partial charge in [-0.25, -0.2) is 9.37 Å². The molecule has 1 heterocycles. The number of nitrogens with zero attached hydrogens (tertiary/aromatic N) is 1. The summed E-state index contributed by atoms with van der Waals surface area (Å²) in [6.45, 7) is 5.55. The number of anilines is 1. The average molecular weight is 318 g/mol. The largest absolute Gasteiger partial charge is 0.419 e. The van der Waals surface area contributed by atoms with Crippen LogP contribution in [-0.2, 0) is 6.18 Å². The number of thiazole rings is 1. The second-order valence-corrected chi connectivity index (χ2v) is 5.98. The molecule has 21 heavy (non-hydrogen) atoms. The summed E-state index contributed by atoms with van der Waals surface area (Å²) in [5.41, 5.74) is -0.200. The van der Waals surface area contributed by atoms with Crippen LogP contribution in [0.3, 0.4) is 0 Å². The van der Waals surface area contributed by atoms with E-state index < -0.39 is 17.6 Å². The number of halogens is 4. The number of rotatable bonds is 3. The second kappa shape index (κ2) is 5.63. The third kappa shape index (κ3) is 3.53. The van der Waals surface area contributed by atoms with Crippen LogP contribution in [0.1, 0.15) is 34.1 Å². The SMILES string of the molecule is Cc1nc(C)c(C(C)Nc2ccc(F)c(C(F)(F)F)c2)s1. The number of aryl methyl sites for hydroxylation is 2. The van der Waals surface area contributed by atoms with Crippen LogP contribution in [0.5, 0.6) is 0 Å². The summed E-state index contributed by atoms with van der Waals surface area (Å²) in [4.78, 5) is 5.23. The van der Waals surface area contributed by atoms with Gasteiger partial charge in [0.05, 0.1) is 22.3 Å². The lowest BCUT2D eigenvalue weighted by molar-refractivity contribution is -0.139. The van der Waals surface area contributed by atoms with E-state index in [4.69, 9.17) is 0 Å². The monoisotopic (exact) mass is 318 g/mol. The predicted molar refractivity (Wildman–Crippen MR) is 75.0 cm³/mol. The molecule has 0 spiro atoms. The van der Waals surface area contributed by atoms with Crippen molar-refractivity contribution >= 4 is 17.0 Å². The van der Waals surface area contributed by atoms with Crippen molar-refractivity contribution in [3.05, 3.63) is 45.2 Å². The van der Waals surface area contributed by atoms with E-state index in [0.717, 1.165) is 27.7 Å². The first-order chi connectivity index (χ1) is 9.68. The first-order valence-corrected chi connectivity index (χ1v) is 7.07. The molecular formula is C14H14F4N2S. The van der Waals surface area contributed by atoms with Gasteiger partial charge in [0.15, 0.2) is 0 Å². The summed E-state index contributed by atoms with van der Waals surface area (Å²) in [7, 11) is 0. The molecule has 0 bridgehead atoms. The van der Waals surface area contributed by atoms with E-state index in [1.54, 1.807) is 0 Å². The van der Waals surface area contributed by atoms with E-state index >= 15 is 0 Å². The van der Waals surface area contributed by atoms with Crippen molar-refractivity contribution in [1.82, 2.24) is 4.98 Å². The maximum absolute atomic E-state index is 13.2. The van der Waals surface area contributed by atoms with E-state index in [-0.39, 0.29) is 11.7 Å². The highest BCUT2D eigenvalue weighted by atomic mass is 32.1. The number of aromatic nitrogens is 1. The van der Waals surface area contributed by atoms with Crippen molar-refractivity contribution < 1.29 is 17.6 Å². The zero-order valence-corrected chi connectivity index (χ0v) is 12.5. The Morgan fingerprint density at radius 1 is 1.24 bits per heavy atom. The molecule has 0 saturated heterocycles. The Labute approximate surface area is 123 Å². The number of hydrogen-bond donors (Lipinski definition) is 1. The minimum absolute atomic E-state index is 0.206. The highest BCUT2D eigenvalue weighted by Gasteiger charge is 2.34. The molecule has 1 atom stereocenters. The maximum atomic E-state index is 13.2. The lowest BCUT2D eigenvalue weighted by Crippen LogP contribution is -2.11. The van der Waals surface area contributed by atoms with E-state index in [2.05, 4.69) is 10.3 Å². The second-order valence-electron chi connectivity index (χ2n) is 4.74. The predicted octanol–water partition coefficient (Wildman–Crippen LogP) is 5.09. The van der Waals surface area contributed by atoms with Crippen LogP contribution in [0.2, 0.25) is 0 Å². The Hall–Kier alpha value is -1.63. The molecule has 0 radical (unpaired) electrons. The zero-order valence-electron chi connectivity index (χ0n) is 11.7. The summed E-state index contributed by atoms with van der Waals surface area (Å²) in [6, 6.07) is 2.70. The van der Waals surface area contributed by atoms with Crippen LogP contribution in [-0.4, -0.2) is 4.98 Å². The van der Waals surface area contributed by atoms with Crippen LogP contribution in [0, 0.1) is 19.7 Å². The van der Waals surface area contributed by atoms with Gasteiger partial charge in [0.2, 0.25) is 0 Å². The number of hydrogen-bond acceptors (Lipinski definition) is 3. The van der Waals surface area contributed by atoms with Crippen LogP contribution < -0.4 is 5.32 Å². The van der Waals surface area contributed by atoms with Crippen LogP contribution in [0.15, 0.2) is 18.2 Å². The average Bonchev–Trinajstić information content (AvgIpc) is 2.69. The Bertz CT molecular complexity index is 649. The van der Waals surface area contributed by atoms with Gasteiger partial charge in [0, 0.05) is 10.6 Å². The van der Waals surface area contributed by atoms with Crippen molar-refractivity contribution in [3.8, 4) is 0 Å². The summed E-state index contributed by atoms with van der Waals surface area (Å²) in [5.74, 6) is -1.27. The fourth-order valence-electron chi connectivity index (χ4n) is 2.10. The molecule has 1 N–H and O–H groups in total. The van der Waals surface area contributed by atoms with Crippen molar-refractivity contribution in [1.29, 1.82) is 0 Å². The molecule has 2 aromatic rings. The van der Waals surface area contributed by atoms with Gasteiger partial charge in [-0.05, 0) is 39.0 Å². The van der Waals surface area contributed by atoms with Gasteiger partial charge in [-0.1, -0.05) is 0 Å². The fourth-order valence-corrected chi connectivity index (χ4v) is 3.03. The fraction of sp³-hybridized carbons (Fsp3) is 0.357. The lowest BCUT2D eigenvalue weighted by Gasteiger charge is -2.16. The minimum atomic E-state index is -4.71. The van der Waals surface area contributed by atoms with Gasteiger partial charge >= 0.3 is 6.18 Å². The summed E-state index contributed by atoms with van der Waals surface area (Å²) >= 11 is 1.48. The highest BCUT2D eigenvalue weighted by Crippen LogP contribution is 2.34. The van der Waals surface area contributed by atoms with Crippen molar-refractivity contribution in [3.63, 3.8) is 0 Å². The van der Waals surface area contributed by atoms with E-state index in [1.165, 1.54) is 17.4 Å². The first-order valence-electron chi connectivity index (χ1n) is 6.25. The number of benzene rings is 1. The van der Waals surface area contributed by atoms with Gasteiger partial charge in [-0.2, -0.15) is 13.2 Å². The Kier molecular flexibility index (Phi) is 4.22. The van der Waals surface area contributed by atoms with Gasteiger partial charge in [-0.3, -0.25) is 0 Å². The molecule has 0 saturated carbocycles. The smallest absolute Gasteiger partial charge is 0.378 e. The molecule has 7 heteroatoms. The molecule has 2 nitrogen and oxygen atoms in total. The van der Waals surface area contributed by atoms with Crippen molar-refractivity contribution in [2.24, 2.45) is 0 Å². The molecule has 0 aliphatic rings. The molecule has 2 rings (SSSR count). The molecule has 0 aliphatic heterocycles. The molecule has 1 unspecified atom stereocenters. The summed E-state index contributed by atoms with van der Waals surface area (Å²) in [5, 5.41) is 3.85. The Morgan fingerprint density at radius 2 is 1.90 bits per heavy atom. The molecule has 0 amide bonds. The Morgan fingerprint density at radius 3 is 2.43 bits per heavy atom. The van der Waals surface area contributed by atoms with Crippen LogP contribution in [0.25, 0.3) is 0 Å².